The minimum Gasteiger partial charge on any atom is -0.378 e. The molecule has 0 aromatic carbocycles. The van der Waals surface area contributed by atoms with Crippen molar-refractivity contribution in [3.8, 4) is 0 Å². The molecule has 3 rings (SSSR count). The Balaban J connectivity index is 1.71. The summed E-state index contributed by atoms with van der Waals surface area (Å²) in [5, 5.41) is 6.26. The lowest BCUT2D eigenvalue weighted by molar-refractivity contribution is 0.0997. The summed E-state index contributed by atoms with van der Waals surface area (Å²) in [4.78, 5) is 20.4. The molecular weight excluding hydrogens is 292 g/mol. The van der Waals surface area contributed by atoms with Crippen molar-refractivity contribution >= 4 is 17.3 Å². The van der Waals surface area contributed by atoms with E-state index in [0.717, 1.165) is 25.1 Å². The first-order valence-electron chi connectivity index (χ1n) is 7.78. The molecule has 2 aromatic heterocycles. The zero-order valence-corrected chi connectivity index (χ0v) is 13.0. The molecule has 0 bridgehead atoms. The normalized spacial score (nSPS) is 18.4. The average molecular weight is 312 g/mol. The third-order valence-corrected chi connectivity index (χ3v) is 3.87. The second kappa shape index (κ2) is 7.19. The fraction of sp³-hybridized carbons (Fsp3) is 0.353. The highest BCUT2D eigenvalue weighted by Gasteiger charge is 2.23. The average Bonchev–Trinajstić information content (AvgIpc) is 3.12. The van der Waals surface area contributed by atoms with Gasteiger partial charge in [0.1, 0.15) is 5.69 Å². The Morgan fingerprint density at radius 1 is 1.30 bits per heavy atom. The summed E-state index contributed by atoms with van der Waals surface area (Å²) < 4.78 is 5.70. The lowest BCUT2D eigenvalue weighted by Gasteiger charge is -2.22. The highest BCUT2D eigenvalue weighted by atomic mass is 16.5. The number of nitrogens with zero attached hydrogens (tertiary/aromatic N) is 2. The van der Waals surface area contributed by atoms with Crippen LogP contribution in [-0.4, -0.2) is 34.6 Å². The molecular formula is C17H20N4O2. The number of ether oxygens (including phenoxy) is 1. The van der Waals surface area contributed by atoms with E-state index in [1.807, 2.05) is 6.07 Å². The van der Waals surface area contributed by atoms with Crippen LogP contribution in [0.2, 0.25) is 0 Å². The Morgan fingerprint density at radius 2 is 2.22 bits per heavy atom. The van der Waals surface area contributed by atoms with Gasteiger partial charge in [-0.3, -0.25) is 14.8 Å². The summed E-state index contributed by atoms with van der Waals surface area (Å²) in [6.45, 7) is 2.90. The number of carbonyl (C=O) groups is 1. The molecule has 120 valence electrons. The SMILES string of the molecule is C[C@@H](Nc1ccncc1NC(=O)c1ccccn1)[C@H]1CCCO1. The maximum absolute atomic E-state index is 12.3. The van der Waals surface area contributed by atoms with E-state index < -0.39 is 0 Å². The van der Waals surface area contributed by atoms with Gasteiger partial charge in [-0.1, -0.05) is 6.07 Å². The van der Waals surface area contributed by atoms with Gasteiger partial charge in [-0.2, -0.15) is 0 Å². The van der Waals surface area contributed by atoms with Crippen LogP contribution in [-0.2, 0) is 4.74 Å². The van der Waals surface area contributed by atoms with Gasteiger partial charge in [0.05, 0.1) is 23.7 Å². The van der Waals surface area contributed by atoms with E-state index in [1.165, 1.54) is 0 Å². The molecule has 6 heteroatoms. The number of hydrogen-bond acceptors (Lipinski definition) is 5. The molecule has 23 heavy (non-hydrogen) atoms. The van der Waals surface area contributed by atoms with E-state index in [4.69, 9.17) is 4.74 Å². The predicted octanol–water partition coefficient (Wildman–Crippen LogP) is 2.71. The smallest absolute Gasteiger partial charge is 0.274 e. The second-order valence-corrected chi connectivity index (χ2v) is 5.57. The summed E-state index contributed by atoms with van der Waals surface area (Å²) >= 11 is 0. The number of nitrogens with one attached hydrogen (secondary N) is 2. The fourth-order valence-corrected chi connectivity index (χ4v) is 2.64. The number of aromatic nitrogens is 2. The zero-order valence-electron chi connectivity index (χ0n) is 13.0. The maximum atomic E-state index is 12.3. The molecule has 1 aliphatic heterocycles. The van der Waals surface area contributed by atoms with Gasteiger partial charge >= 0.3 is 0 Å². The molecule has 1 saturated heterocycles. The monoisotopic (exact) mass is 312 g/mol. The molecule has 2 atom stereocenters. The molecule has 0 radical (unpaired) electrons. The van der Waals surface area contributed by atoms with Gasteiger partial charge in [0.2, 0.25) is 0 Å². The van der Waals surface area contributed by atoms with Gasteiger partial charge in [-0.25, -0.2) is 0 Å². The van der Waals surface area contributed by atoms with E-state index in [9.17, 15) is 4.79 Å². The molecule has 2 N–H and O–H groups in total. The number of anilines is 2. The maximum Gasteiger partial charge on any atom is 0.274 e. The van der Waals surface area contributed by atoms with Crippen LogP contribution in [0.1, 0.15) is 30.3 Å². The second-order valence-electron chi connectivity index (χ2n) is 5.57. The standard InChI is InChI=1S/C17H20N4O2/c1-12(16-6-4-10-23-16)20-13-7-9-18-11-15(13)21-17(22)14-5-2-3-8-19-14/h2-3,5,7-9,11-12,16H,4,6,10H2,1H3,(H,18,20)(H,21,22)/t12-,16-/m1/s1. The highest BCUT2D eigenvalue weighted by Crippen LogP contribution is 2.24. The van der Waals surface area contributed by atoms with Crippen LogP contribution in [0.15, 0.2) is 42.9 Å². The molecule has 0 spiro atoms. The topological polar surface area (TPSA) is 76.1 Å². The summed E-state index contributed by atoms with van der Waals surface area (Å²) in [5.74, 6) is -0.258. The van der Waals surface area contributed by atoms with Crippen LogP contribution in [0.25, 0.3) is 0 Å². The lowest BCUT2D eigenvalue weighted by atomic mass is 10.1. The van der Waals surface area contributed by atoms with Crippen LogP contribution in [0, 0.1) is 0 Å². The summed E-state index contributed by atoms with van der Waals surface area (Å²) in [6.07, 6.45) is 7.26. The number of carbonyl (C=O) groups excluding carboxylic acids is 1. The molecule has 0 unspecified atom stereocenters. The van der Waals surface area contributed by atoms with Gasteiger partial charge in [0.25, 0.3) is 5.91 Å². The summed E-state index contributed by atoms with van der Waals surface area (Å²) in [6, 6.07) is 7.24. The Kier molecular flexibility index (Phi) is 4.83. The first-order chi connectivity index (χ1) is 11.2. The molecule has 2 aromatic rings. The summed E-state index contributed by atoms with van der Waals surface area (Å²) in [7, 11) is 0. The van der Waals surface area contributed by atoms with Crippen molar-refractivity contribution in [2.24, 2.45) is 0 Å². The van der Waals surface area contributed by atoms with Gasteiger partial charge < -0.3 is 15.4 Å². The van der Waals surface area contributed by atoms with Crippen molar-refractivity contribution in [1.82, 2.24) is 9.97 Å². The molecule has 0 saturated carbocycles. The third-order valence-electron chi connectivity index (χ3n) is 3.87. The fourth-order valence-electron chi connectivity index (χ4n) is 2.64. The quantitative estimate of drug-likeness (QED) is 0.888. The first-order valence-corrected chi connectivity index (χ1v) is 7.78. The largest absolute Gasteiger partial charge is 0.378 e. The first kappa shape index (κ1) is 15.4. The molecule has 1 aliphatic rings. The van der Waals surface area contributed by atoms with Crippen molar-refractivity contribution < 1.29 is 9.53 Å². The number of amides is 1. The molecule has 3 heterocycles. The third kappa shape index (κ3) is 3.84. The van der Waals surface area contributed by atoms with Crippen molar-refractivity contribution in [2.45, 2.75) is 31.9 Å². The van der Waals surface area contributed by atoms with Gasteiger partial charge in [0.15, 0.2) is 0 Å². The molecule has 1 amide bonds. The Labute approximate surface area is 135 Å². The molecule has 6 nitrogen and oxygen atoms in total. The number of rotatable bonds is 5. The van der Waals surface area contributed by atoms with Crippen LogP contribution in [0.4, 0.5) is 11.4 Å². The van der Waals surface area contributed by atoms with Crippen LogP contribution in [0.3, 0.4) is 0 Å². The summed E-state index contributed by atoms with van der Waals surface area (Å²) in [5.41, 5.74) is 1.83. The number of hydrogen-bond donors (Lipinski definition) is 2. The van der Waals surface area contributed by atoms with Crippen LogP contribution >= 0.6 is 0 Å². The van der Waals surface area contributed by atoms with E-state index in [-0.39, 0.29) is 18.1 Å². The molecule has 0 aliphatic carbocycles. The van der Waals surface area contributed by atoms with Crippen molar-refractivity contribution in [2.75, 3.05) is 17.2 Å². The zero-order chi connectivity index (χ0) is 16.1. The Hall–Kier alpha value is -2.47. The van der Waals surface area contributed by atoms with Crippen LogP contribution in [0.5, 0.6) is 0 Å². The van der Waals surface area contributed by atoms with Crippen molar-refractivity contribution in [1.29, 1.82) is 0 Å². The van der Waals surface area contributed by atoms with E-state index in [2.05, 4.69) is 27.5 Å². The Morgan fingerprint density at radius 3 is 2.96 bits per heavy atom. The van der Waals surface area contributed by atoms with Gasteiger partial charge in [0, 0.05) is 25.0 Å². The van der Waals surface area contributed by atoms with E-state index in [1.54, 1.807) is 36.8 Å². The van der Waals surface area contributed by atoms with E-state index >= 15 is 0 Å². The number of pyridine rings is 2. The minimum atomic E-state index is -0.258. The highest BCUT2D eigenvalue weighted by molar-refractivity contribution is 6.04. The Bertz CT molecular complexity index is 657. The van der Waals surface area contributed by atoms with Crippen LogP contribution < -0.4 is 10.6 Å². The van der Waals surface area contributed by atoms with E-state index in [0.29, 0.717) is 11.4 Å². The predicted molar refractivity (Wildman–Crippen MR) is 88.5 cm³/mol. The van der Waals surface area contributed by atoms with Gasteiger partial charge in [-0.05, 0) is 38.0 Å². The molecule has 1 fully saturated rings. The van der Waals surface area contributed by atoms with Crippen molar-refractivity contribution in [3.05, 3.63) is 48.5 Å². The van der Waals surface area contributed by atoms with Crippen molar-refractivity contribution in [3.63, 3.8) is 0 Å². The van der Waals surface area contributed by atoms with Gasteiger partial charge in [-0.15, -0.1) is 0 Å². The minimum absolute atomic E-state index is 0.158. The lowest BCUT2D eigenvalue weighted by Crippen LogP contribution is -2.30.